The van der Waals surface area contributed by atoms with Crippen molar-refractivity contribution in [1.29, 1.82) is 0 Å². The van der Waals surface area contributed by atoms with Gasteiger partial charge in [0.2, 0.25) is 11.8 Å². The van der Waals surface area contributed by atoms with Crippen LogP contribution in [0.25, 0.3) is 10.3 Å². The van der Waals surface area contributed by atoms with E-state index in [0.717, 1.165) is 24.2 Å². The Hall–Kier alpha value is -2.11. The minimum absolute atomic E-state index is 0.128. The monoisotopic (exact) mass is 431 g/mol. The number of carbonyl (C=O) groups is 1. The van der Waals surface area contributed by atoms with Gasteiger partial charge in [-0.25, -0.2) is 18.7 Å². The van der Waals surface area contributed by atoms with E-state index in [1.807, 2.05) is 6.92 Å². The zero-order valence-electron chi connectivity index (χ0n) is 15.8. The van der Waals surface area contributed by atoms with Crippen molar-refractivity contribution in [1.82, 2.24) is 15.3 Å². The van der Waals surface area contributed by atoms with E-state index in [0.29, 0.717) is 35.4 Å². The summed E-state index contributed by atoms with van der Waals surface area (Å²) >= 11 is 1.10. The molecule has 0 radical (unpaired) electrons. The Bertz CT molecular complexity index is 816. The largest absolute Gasteiger partial charge is 0.477 e. The van der Waals surface area contributed by atoms with Gasteiger partial charge in [0.25, 0.3) is 11.6 Å². The SMILES string of the molecule is C[C@@H](COC1CC(COc2ccc3nc(OCC(F)F)sc3n2)C1)NC(=O)CO. The van der Waals surface area contributed by atoms with Crippen LogP contribution in [0.3, 0.4) is 0 Å². The maximum Gasteiger partial charge on any atom is 0.276 e. The van der Waals surface area contributed by atoms with Gasteiger partial charge in [-0.1, -0.05) is 11.3 Å². The first-order valence-corrected chi connectivity index (χ1v) is 10.1. The zero-order chi connectivity index (χ0) is 20.8. The molecule has 1 amide bonds. The number of pyridine rings is 1. The van der Waals surface area contributed by atoms with Crippen molar-refractivity contribution in [3.05, 3.63) is 12.1 Å². The molecule has 0 unspecified atom stereocenters. The predicted octanol–water partition coefficient (Wildman–Crippen LogP) is 2.01. The molecule has 1 saturated carbocycles. The molecule has 0 aromatic carbocycles. The van der Waals surface area contributed by atoms with Crippen molar-refractivity contribution in [2.24, 2.45) is 5.92 Å². The highest BCUT2D eigenvalue weighted by molar-refractivity contribution is 7.19. The van der Waals surface area contributed by atoms with Gasteiger partial charge in [0.15, 0.2) is 11.4 Å². The number of carbonyl (C=O) groups excluding carboxylic acids is 1. The number of aliphatic hydroxyl groups is 1. The number of amides is 1. The van der Waals surface area contributed by atoms with E-state index in [4.69, 9.17) is 19.3 Å². The summed E-state index contributed by atoms with van der Waals surface area (Å²) in [5, 5.41) is 11.5. The number of fused-ring (bicyclic) bond motifs is 1. The number of aromatic nitrogens is 2. The van der Waals surface area contributed by atoms with Crippen molar-refractivity contribution in [3.8, 4) is 11.1 Å². The summed E-state index contributed by atoms with van der Waals surface area (Å²) in [6.45, 7) is 1.49. The molecule has 1 fully saturated rings. The molecule has 1 atom stereocenters. The highest BCUT2D eigenvalue weighted by Gasteiger charge is 2.31. The van der Waals surface area contributed by atoms with Crippen LogP contribution < -0.4 is 14.8 Å². The topological polar surface area (TPSA) is 103 Å². The Balaban J connectivity index is 1.37. The predicted molar refractivity (Wildman–Crippen MR) is 102 cm³/mol. The first-order valence-electron chi connectivity index (χ1n) is 9.26. The second-order valence-electron chi connectivity index (χ2n) is 6.89. The fourth-order valence-electron chi connectivity index (χ4n) is 2.85. The molecule has 11 heteroatoms. The van der Waals surface area contributed by atoms with Gasteiger partial charge in [-0.05, 0) is 31.7 Å². The Kier molecular flexibility index (Phi) is 7.51. The van der Waals surface area contributed by atoms with E-state index in [2.05, 4.69) is 15.3 Å². The van der Waals surface area contributed by atoms with Gasteiger partial charge in [0, 0.05) is 12.1 Å². The summed E-state index contributed by atoms with van der Waals surface area (Å²) in [5.74, 6) is 0.386. The van der Waals surface area contributed by atoms with Crippen LogP contribution in [0.5, 0.6) is 11.1 Å². The average molecular weight is 431 g/mol. The molecule has 2 heterocycles. The number of nitrogens with one attached hydrogen (secondary N) is 1. The third-order valence-corrected chi connectivity index (χ3v) is 5.21. The summed E-state index contributed by atoms with van der Waals surface area (Å²) in [7, 11) is 0. The third-order valence-electron chi connectivity index (χ3n) is 4.34. The summed E-state index contributed by atoms with van der Waals surface area (Å²) in [4.78, 5) is 20.1. The zero-order valence-corrected chi connectivity index (χ0v) is 16.7. The number of alkyl halides is 2. The summed E-state index contributed by atoms with van der Waals surface area (Å²) < 4.78 is 40.8. The van der Waals surface area contributed by atoms with Crippen LogP contribution in [0, 0.1) is 5.92 Å². The molecule has 29 heavy (non-hydrogen) atoms. The Morgan fingerprint density at radius 2 is 2.10 bits per heavy atom. The van der Waals surface area contributed by atoms with E-state index in [-0.39, 0.29) is 17.3 Å². The highest BCUT2D eigenvalue weighted by atomic mass is 32.1. The van der Waals surface area contributed by atoms with Gasteiger partial charge in [-0.2, -0.15) is 0 Å². The molecule has 2 N–H and O–H groups in total. The second-order valence-corrected chi connectivity index (χ2v) is 7.83. The van der Waals surface area contributed by atoms with Crippen LogP contribution in [0.1, 0.15) is 19.8 Å². The van der Waals surface area contributed by atoms with Gasteiger partial charge in [0.1, 0.15) is 12.1 Å². The molecule has 1 aliphatic carbocycles. The Morgan fingerprint density at radius 3 is 2.83 bits per heavy atom. The second kappa shape index (κ2) is 10.1. The third kappa shape index (κ3) is 6.44. The Labute approximate surface area is 170 Å². The number of nitrogens with zero attached hydrogens (tertiary/aromatic N) is 2. The number of halogens is 2. The van der Waals surface area contributed by atoms with Crippen molar-refractivity contribution in [2.45, 2.75) is 38.3 Å². The molecule has 2 aromatic rings. The minimum atomic E-state index is -2.55. The summed E-state index contributed by atoms with van der Waals surface area (Å²) in [6.07, 6.45) is -0.709. The molecule has 160 valence electrons. The van der Waals surface area contributed by atoms with E-state index < -0.39 is 25.5 Å². The van der Waals surface area contributed by atoms with Gasteiger partial charge in [0.05, 0.1) is 19.3 Å². The lowest BCUT2D eigenvalue weighted by Gasteiger charge is -2.35. The lowest BCUT2D eigenvalue weighted by atomic mass is 9.83. The van der Waals surface area contributed by atoms with Gasteiger partial charge in [-0.15, -0.1) is 0 Å². The van der Waals surface area contributed by atoms with E-state index >= 15 is 0 Å². The van der Waals surface area contributed by atoms with Crippen LogP contribution in [0.2, 0.25) is 0 Å². The first-order chi connectivity index (χ1) is 13.9. The molecule has 2 aromatic heterocycles. The van der Waals surface area contributed by atoms with Gasteiger partial charge < -0.3 is 24.6 Å². The standard InChI is InChI=1S/C18H23F2N3O5S/c1-10(21-15(25)6-24)7-26-12-4-11(5-12)8-27-16-3-2-13-17(23-16)29-18(22-13)28-9-14(19)20/h2-3,10-12,14,24H,4-9H2,1H3,(H,21,25)/t10-,11?,12?/m0/s1. The molecule has 0 bridgehead atoms. The van der Waals surface area contributed by atoms with Crippen LogP contribution >= 0.6 is 11.3 Å². The van der Waals surface area contributed by atoms with Crippen LogP contribution in [-0.4, -0.2) is 66.0 Å². The molecule has 0 aliphatic heterocycles. The number of hydrogen-bond acceptors (Lipinski definition) is 8. The van der Waals surface area contributed by atoms with Crippen molar-refractivity contribution in [3.63, 3.8) is 0 Å². The van der Waals surface area contributed by atoms with Crippen LogP contribution in [0.15, 0.2) is 12.1 Å². The van der Waals surface area contributed by atoms with Crippen LogP contribution in [-0.2, 0) is 9.53 Å². The quantitative estimate of drug-likeness (QED) is 0.561. The highest BCUT2D eigenvalue weighted by Crippen LogP contribution is 2.32. The van der Waals surface area contributed by atoms with Gasteiger partial charge in [-0.3, -0.25) is 4.79 Å². The number of aliphatic hydroxyl groups excluding tert-OH is 1. The molecular weight excluding hydrogens is 408 g/mol. The number of hydrogen-bond donors (Lipinski definition) is 2. The van der Waals surface area contributed by atoms with Crippen molar-refractivity contribution < 1.29 is 32.9 Å². The average Bonchev–Trinajstić information content (AvgIpc) is 3.06. The normalized spacial score (nSPS) is 19.8. The molecular formula is C18H23F2N3O5S. The van der Waals surface area contributed by atoms with E-state index in [9.17, 15) is 13.6 Å². The maximum absolute atomic E-state index is 12.2. The lowest BCUT2D eigenvalue weighted by molar-refractivity contribution is -0.125. The number of rotatable bonds is 11. The summed E-state index contributed by atoms with van der Waals surface area (Å²) in [5.41, 5.74) is 0.575. The molecule has 1 aliphatic rings. The molecule has 3 rings (SSSR count). The van der Waals surface area contributed by atoms with E-state index in [1.54, 1.807) is 12.1 Å². The van der Waals surface area contributed by atoms with E-state index in [1.165, 1.54) is 0 Å². The molecule has 0 spiro atoms. The number of ether oxygens (including phenoxy) is 3. The number of thiazole rings is 1. The van der Waals surface area contributed by atoms with Crippen LogP contribution in [0.4, 0.5) is 8.78 Å². The lowest BCUT2D eigenvalue weighted by Crippen LogP contribution is -2.41. The van der Waals surface area contributed by atoms with Gasteiger partial charge >= 0.3 is 0 Å². The molecule has 0 saturated heterocycles. The Morgan fingerprint density at radius 1 is 1.31 bits per heavy atom. The maximum atomic E-state index is 12.2. The molecule has 8 nitrogen and oxygen atoms in total. The smallest absolute Gasteiger partial charge is 0.276 e. The minimum Gasteiger partial charge on any atom is -0.477 e. The van der Waals surface area contributed by atoms with Crippen molar-refractivity contribution >= 4 is 27.6 Å². The fourth-order valence-corrected chi connectivity index (χ4v) is 3.64. The summed E-state index contributed by atoms with van der Waals surface area (Å²) in [6, 6.07) is 3.25. The fraction of sp³-hybridized carbons (Fsp3) is 0.611. The first kappa shape index (κ1) is 21.6. The van der Waals surface area contributed by atoms with Crippen molar-refractivity contribution in [2.75, 3.05) is 26.4 Å².